The smallest absolute Gasteiger partial charge is 0.257 e. The number of aromatic nitrogens is 2. The molecule has 0 atom stereocenters. The molecule has 0 N–H and O–H groups in total. The molecule has 0 aliphatic rings. The maximum Gasteiger partial charge on any atom is 0.257 e. The monoisotopic (exact) mass is 275 g/mol. The van der Waals surface area contributed by atoms with Crippen LogP contribution >= 0.6 is 11.6 Å². The Bertz CT molecular complexity index is 601. The van der Waals surface area contributed by atoms with E-state index in [1.54, 1.807) is 24.2 Å². The Balaban J connectivity index is 2.14. The van der Waals surface area contributed by atoms with Crippen molar-refractivity contribution in [1.29, 1.82) is 0 Å². The van der Waals surface area contributed by atoms with E-state index in [1.165, 1.54) is 6.20 Å². The second-order valence-electron chi connectivity index (χ2n) is 4.29. The van der Waals surface area contributed by atoms with Gasteiger partial charge in [0.2, 0.25) is 0 Å². The van der Waals surface area contributed by atoms with Crippen LogP contribution in [0.25, 0.3) is 0 Å². The Kier molecular flexibility index (Phi) is 4.12. The zero-order valence-electron chi connectivity index (χ0n) is 10.8. The third-order valence-corrected chi connectivity index (χ3v) is 3.02. The standard InChI is InChI=1S/C14H14ClN3O/c1-10-4-3-5-11(17-10)9-18(2)14(19)12-8-16-7-6-13(12)15/h3-8H,9H2,1-2H3. The Hall–Kier alpha value is -1.94. The number of carbonyl (C=O) groups is 1. The molecule has 0 saturated carbocycles. The van der Waals surface area contributed by atoms with Crippen molar-refractivity contribution in [2.75, 3.05) is 7.05 Å². The van der Waals surface area contributed by atoms with E-state index in [0.717, 1.165) is 11.4 Å². The molecule has 0 aliphatic heterocycles. The molecule has 0 fully saturated rings. The van der Waals surface area contributed by atoms with Gasteiger partial charge in [0.15, 0.2) is 0 Å². The fourth-order valence-electron chi connectivity index (χ4n) is 1.74. The van der Waals surface area contributed by atoms with Crippen molar-refractivity contribution in [2.24, 2.45) is 0 Å². The van der Waals surface area contributed by atoms with E-state index in [-0.39, 0.29) is 5.91 Å². The van der Waals surface area contributed by atoms with Gasteiger partial charge >= 0.3 is 0 Å². The first kappa shape index (κ1) is 13.5. The molecule has 2 aromatic rings. The van der Waals surface area contributed by atoms with Gasteiger partial charge in [0, 0.05) is 25.1 Å². The van der Waals surface area contributed by atoms with Gasteiger partial charge in [-0.2, -0.15) is 0 Å². The quantitative estimate of drug-likeness (QED) is 0.865. The molecule has 1 amide bonds. The number of carbonyl (C=O) groups excluding carboxylic acids is 1. The van der Waals surface area contributed by atoms with Crippen molar-refractivity contribution in [2.45, 2.75) is 13.5 Å². The van der Waals surface area contributed by atoms with Gasteiger partial charge in [-0.25, -0.2) is 0 Å². The van der Waals surface area contributed by atoms with Crippen LogP contribution in [0.2, 0.25) is 5.02 Å². The van der Waals surface area contributed by atoms with Gasteiger partial charge in [0.05, 0.1) is 22.8 Å². The summed E-state index contributed by atoms with van der Waals surface area (Å²) in [4.78, 5) is 22.1. The highest BCUT2D eigenvalue weighted by molar-refractivity contribution is 6.33. The van der Waals surface area contributed by atoms with Gasteiger partial charge in [-0.05, 0) is 25.1 Å². The average molecular weight is 276 g/mol. The summed E-state index contributed by atoms with van der Waals surface area (Å²) in [7, 11) is 1.72. The molecule has 2 heterocycles. The molecule has 98 valence electrons. The van der Waals surface area contributed by atoms with Crippen LogP contribution in [-0.2, 0) is 6.54 Å². The molecule has 19 heavy (non-hydrogen) atoms. The van der Waals surface area contributed by atoms with E-state index < -0.39 is 0 Å². The second-order valence-corrected chi connectivity index (χ2v) is 4.69. The maximum atomic E-state index is 12.2. The van der Waals surface area contributed by atoms with Crippen molar-refractivity contribution in [3.63, 3.8) is 0 Å². The summed E-state index contributed by atoms with van der Waals surface area (Å²) in [6, 6.07) is 7.34. The van der Waals surface area contributed by atoms with E-state index in [0.29, 0.717) is 17.1 Å². The number of rotatable bonds is 3. The van der Waals surface area contributed by atoms with Gasteiger partial charge in [0.25, 0.3) is 5.91 Å². The minimum atomic E-state index is -0.165. The van der Waals surface area contributed by atoms with Crippen molar-refractivity contribution in [3.8, 4) is 0 Å². The molecule has 0 bridgehead atoms. The number of halogens is 1. The first-order valence-corrected chi connectivity index (χ1v) is 6.23. The number of hydrogen-bond acceptors (Lipinski definition) is 3. The SMILES string of the molecule is Cc1cccc(CN(C)C(=O)c2cnccc2Cl)n1. The summed E-state index contributed by atoms with van der Waals surface area (Å²) in [5, 5.41) is 0.407. The number of aryl methyl sites for hydroxylation is 1. The Morgan fingerprint density at radius 3 is 2.84 bits per heavy atom. The summed E-state index contributed by atoms with van der Waals surface area (Å²) in [5.41, 5.74) is 2.17. The summed E-state index contributed by atoms with van der Waals surface area (Å²) in [6.07, 6.45) is 3.03. The van der Waals surface area contributed by atoms with Gasteiger partial charge in [-0.15, -0.1) is 0 Å². The topological polar surface area (TPSA) is 46.1 Å². The third-order valence-electron chi connectivity index (χ3n) is 2.69. The number of nitrogens with zero attached hydrogens (tertiary/aromatic N) is 3. The molecule has 0 saturated heterocycles. The van der Waals surface area contributed by atoms with Crippen molar-refractivity contribution >= 4 is 17.5 Å². The average Bonchev–Trinajstić information content (AvgIpc) is 2.38. The predicted octanol–water partition coefficient (Wildman–Crippen LogP) is 2.71. The Labute approximate surface area is 117 Å². The molecule has 0 aromatic carbocycles. The first-order valence-electron chi connectivity index (χ1n) is 5.85. The minimum Gasteiger partial charge on any atom is -0.336 e. The lowest BCUT2D eigenvalue weighted by Gasteiger charge is -2.17. The van der Waals surface area contributed by atoms with Gasteiger partial charge in [-0.1, -0.05) is 17.7 Å². The second kappa shape index (κ2) is 5.80. The van der Waals surface area contributed by atoms with Crippen LogP contribution in [0.4, 0.5) is 0 Å². The first-order chi connectivity index (χ1) is 9.08. The van der Waals surface area contributed by atoms with E-state index >= 15 is 0 Å². The zero-order chi connectivity index (χ0) is 13.8. The number of amides is 1. The van der Waals surface area contributed by atoms with Gasteiger partial charge in [-0.3, -0.25) is 14.8 Å². The summed E-state index contributed by atoms with van der Waals surface area (Å²) in [6.45, 7) is 2.36. The molecule has 5 heteroatoms. The molecule has 4 nitrogen and oxygen atoms in total. The number of hydrogen-bond donors (Lipinski definition) is 0. The lowest BCUT2D eigenvalue weighted by molar-refractivity contribution is 0.0783. The highest BCUT2D eigenvalue weighted by Gasteiger charge is 2.15. The molecular weight excluding hydrogens is 262 g/mol. The highest BCUT2D eigenvalue weighted by atomic mass is 35.5. The largest absolute Gasteiger partial charge is 0.336 e. The molecule has 0 radical (unpaired) electrons. The third kappa shape index (κ3) is 3.29. The van der Waals surface area contributed by atoms with Crippen LogP contribution in [-0.4, -0.2) is 27.8 Å². The normalized spacial score (nSPS) is 10.3. The lowest BCUT2D eigenvalue weighted by Crippen LogP contribution is -2.27. The lowest BCUT2D eigenvalue weighted by atomic mass is 10.2. The minimum absolute atomic E-state index is 0.165. The fraction of sp³-hybridized carbons (Fsp3) is 0.214. The maximum absolute atomic E-state index is 12.2. The molecule has 2 aromatic heterocycles. The summed E-state index contributed by atoms with van der Waals surface area (Å²) in [5.74, 6) is -0.165. The van der Waals surface area contributed by atoms with Crippen LogP contribution in [0.1, 0.15) is 21.7 Å². The molecule has 2 rings (SSSR count). The van der Waals surface area contributed by atoms with Crippen LogP contribution in [0.3, 0.4) is 0 Å². The predicted molar refractivity (Wildman–Crippen MR) is 74.0 cm³/mol. The van der Waals surface area contributed by atoms with Crippen molar-refractivity contribution in [1.82, 2.24) is 14.9 Å². The van der Waals surface area contributed by atoms with Crippen molar-refractivity contribution in [3.05, 3.63) is 58.6 Å². The van der Waals surface area contributed by atoms with Crippen LogP contribution < -0.4 is 0 Å². The fourth-order valence-corrected chi connectivity index (χ4v) is 1.93. The van der Waals surface area contributed by atoms with Crippen LogP contribution in [0, 0.1) is 6.92 Å². The van der Waals surface area contributed by atoms with Crippen molar-refractivity contribution < 1.29 is 4.79 Å². The molecule has 0 spiro atoms. The van der Waals surface area contributed by atoms with E-state index in [1.807, 2.05) is 25.1 Å². The van der Waals surface area contributed by atoms with Gasteiger partial charge in [0.1, 0.15) is 0 Å². The highest BCUT2D eigenvalue weighted by Crippen LogP contribution is 2.16. The van der Waals surface area contributed by atoms with Gasteiger partial charge < -0.3 is 4.90 Å². The Morgan fingerprint density at radius 1 is 1.37 bits per heavy atom. The summed E-state index contributed by atoms with van der Waals surface area (Å²) >= 11 is 5.99. The molecule has 0 unspecified atom stereocenters. The molecular formula is C14H14ClN3O. The summed E-state index contributed by atoms with van der Waals surface area (Å²) < 4.78 is 0. The Morgan fingerprint density at radius 2 is 2.16 bits per heavy atom. The number of pyridine rings is 2. The van der Waals surface area contributed by atoms with E-state index in [9.17, 15) is 4.79 Å². The zero-order valence-corrected chi connectivity index (χ0v) is 11.6. The van der Waals surface area contributed by atoms with E-state index in [4.69, 9.17) is 11.6 Å². The van der Waals surface area contributed by atoms with Crippen LogP contribution in [0.5, 0.6) is 0 Å². The molecule has 0 aliphatic carbocycles. The van der Waals surface area contributed by atoms with E-state index in [2.05, 4.69) is 9.97 Å². The van der Waals surface area contributed by atoms with Crippen LogP contribution in [0.15, 0.2) is 36.7 Å².